The van der Waals surface area contributed by atoms with Gasteiger partial charge >= 0.3 is 0 Å². The van der Waals surface area contributed by atoms with Crippen molar-refractivity contribution in [1.82, 2.24) is 4.90 Å². The second-order valence-electron chi connectivity index (χ2n) is 3.87. The van der Waals surface area contributed by atoms with E-state index in [9.17, 15) is 4.79 Å². The predicted octanol–water partition coefficient (Wildman–Crippen LogP) is 3.80. The first kappa shape index (κ1) is 14.3. The molecule has 0 N–H and O–H groups in total. The van der Waals surface area contributed by atoms with Gasteiger partial charge < -0.3 is 4.90 Å². The number of carbonyl (C=O) groups is 1. The highest BCUT2D eigenvalue weighted by atomic mass is 35.5. The van der Waals surface area contributed by atoms with Crippen LogP contribution in [0.3, 0.4) is 0 Å². The maximum atomic E-state index is 12.1. The van der Waals surface area contributed by atoms with Gasteiger partial charge in [0.1, 0.15) is 5.38 Å². The molecule has 1 atom stereocenters. The maximum Gasteiger partial charge on any atom is 0.245 e. The lowest BCUT2D eigenvalue weighted by Gasteiger charge is -2.22. The standard InChI is InChI=1S/C13H17Cl2NO/c1-4-16(5-2)13(17)12(15)11-7-6-10(14)8-9(11)3/h6-8,12H,4-5H2,1-3H3. The number of hydrogen-bond acceptors (Lipinski definition) is 1. The van der Waals surface area contributed by atoms with E-state index in [0.717, 1.165) is 11.1 Å². The van der Waals surface area contributed by atoms with Crippen molar-refractivity contribution in [3.05, 3.63) is 34.3 Å². The third-order valence-electron chi connectivity index (χ3n) is 2.80. The summed E-state index contributed by atoms with van der Waals surface area (Å²) in [5, 5.41) is 0.0255. The molecule has 1 amide bonds. The van der Waals surface area contributed by atoms with Gasteiger partial charge in [-0.1, -0.05) is 17.7 Å². The number of carbonyl (C=O) groups excluding carboxylic acids is 1. The topological polar surface area (TPSA) is 20.3 Å². The summed E-state index contributed by atoms with van der Waals surface area (Å²) in [6.45, 7) is 7.14. The molecule has 0 aliphatic heterocycles. The molecule has 0 spiro atoms. The highest BCUT2D eigenvalue weighted by Gasteiger charge is 2.23. The summed E-state index contributed by atoms with van der Waals surface area (Å²) in [5.41, 5.74) is 1.77. The fraction of sp³-hybridized carbons (Fsp3) is 0.462. The Morgan fingerprint density at radius 1 is 1.35 bits per heavy atom. The van der Waals surface area contributed by atoms with Gasteiger partial charge in [0.2, 0.25) is 5.91 Å². The highest BCUT2D eigenvalue weighted by molar-refractivity contribution is 6.32. The Hall–Kier alpha value is -0.730. The van der Waals surface area contributed by atoms with E-state index in [1.807, 2.05) is 32.9 Å². The number of aryl methyl sites for hydroxylation is 1. The summed E-state index contributed by atoms with van der Waals surface area (Å²) in [6.07, 6.45) is 0. The first-order valence-corrected chi connectivity index (χ1v) is 6.51. The molecule has 94 valence electrons. The van der Waals surface area contributed by atoms with E-state index in [4.69, 9.17) is 23.2 Å². The van der Waals surface area contributed by atoms with E-state index >= 15 is 0 Å². The normalized spacial score (nSPS) is 12.3. The zero-order valence-electron chi connectivity index (χ0n) is 10.3. The monoisotopic (exact) mass is 273 g/mol. The lowest BCUT2D eigenvalue weighted by atomic mass is 10.0. The zero-order chi connectivity index (χ0) is 13.0. The SMILES string of the molecule is CCN(CC)C(=O)C(Cl)c1ccc(Cl)cc1C. The molecule has 1 aromatic rings. The Morgan fingerprint density at radius 3 is 2.41 bits per heavy atom. The number of benzene rings is 1. The van der Waals surface area contributed by atoms with Crippen LogP contribution in [0.5, 0.6) is 0 Å². The number of likely N-dealkylation sites (N-methyl/N-ethyl adjacent to an activating group) is 1. The molecule has 17 heavy (non-hydrogen) atoms. The molecule has 0 aromatic heterocycles. The van der Waals surface area contributed by atoms with Crippen molar-refractivity contribution in [1.29, 1.82) is 0 Å². The van der Waals surface area contributed by atoms with Gasteiger partial charge in [0.15, 0.2) is 0 Å². The van der Waals surface area contributed by atoms with Crippen LogP contribution in [0.25, 0.3) is 0 Å². The maximum absolute atomic E-state index is 12.1. The Balaban J connectivity index is 2.95. The van der Waals surface area contributed by atoms with Gasteiger partial charge in [0, 0.05) is 18.1 Å². The van der Waals surface area contributed by atoms with E-state index in [-0.39, 0.29) is 5.91 Å². The molecule has 1 unspecified atom stereocenters. The van der Waals surface area contributed by atoms with Crippen LogP contribution in [-0.2, 0) is 4.79 Å². The molecular formula is C13H17Cl2NO. The van der Waals surface area contributed by atoms with Crippen molar-refractivity contribution < 1.29 is 4.79 Å². The van der Waals surface area contributed by atoms with Gasteiger partial charge in [0.25, 0.3) is 0 Å². The number of rotatable bonds is 4. The second-order valence-corrected chi connectivity index (χ2v) is 4.75. The van der Waals surface area contributed by atoms with Crippen molar-refractivity contribution in [3.8, 4) is 0 Å². The molecule has 1 aromatic carbocycles. The van der Waals surface area contributed by atoms with E-state index in [2.05, 4.69) is 0 Å². The molecule has 0 saturated heterocycles. The third kappa shape index (κ3) is 3.36. The minimum absolute atomic E-state index is 0.0536. The molecule has 0 aliphatic carbocycles. The predicted molar refractivity (Wildman–Crippen MR) is 72.7 cm³/mol. The number of alkyl halides is 1. The van der Waals surface area contributed by atoms with E-state index in [1.165, 1.54) is 0 Å². The first-order valence-electron chi connectivity index (χ1n) is 5.70. The van der Waals surface area contributed by atoms with Crippen molar-refractivity contribution in [2.24, 2.45) is 0 Å². The van der Waals surface area contributed by atoms with Crippen molar-refractivity contribution in [3.63, 3.8) is 0 Å². The first-order chi connectivity index (χ1) is 8.01. The van der Waals surface area contributed by atoms with Crippen LogP contribution in [0.4, 0.5) is 0 Å². The molecular weight excluding hydrogens is 257 g/mol. The summed E-state index contributed by atoms with van der Waals surface area (Å²) in [6, 6.07) is 5.40. The van der Waals surface area contributed by atoms with Crippen LogP contribution < -0.4 is 0 Å². The zero-order valence-corrected chi connectivity index (χ0v) is 11.8. The fourth-order valence-corrected chi connectivity index (χ4v) is 2.36. The van der Waals surface area contributed by atoms with Gasteiger partial charge in [0.05, 0.1) is 0 Å². The van der Waals surface area contributed by atoms with E-state index < -0.39 is 5.38 Å². The number of amides is 1. The van der Waals surface area contributed by atoms with E-state index in [0.29, 0.717) is 18.1 Å². The van der Waals surface area contributed by atoms with Gasteiger partial charge in [-0.2, -0.15) is 0 Å². The van der Waals surface area contributed by atoms with Crippen molar-refractivity contribution >= 4 is 29.1 Å². The van der Waals surface area contributed by atoms with Crippen LogP contribution in [0, 0.1) is 6.92 Å². The van der Waals surface area contributed by atoms with Crippen molar-refractivity contribution in [2.45, 2.75) is 26.1 Å². The number of halogens is 2. The molecule has 0 bridgehead atoms. The Morgan fingerprint density at radius 2 is 1.94 bits per heavy atom. The van der Waals surface area contributed by atoms with Crippen molar-refractivity contribution in [2.75, 3.05) is 13.1 Å². The minimum Gasteiger partial charge on any atom is -0.342 e. The molecule has 2 nitrogen and oxygen atoms in total. The molecule has 4 heteroatoms. The molecule has 0 saturated carbocycles. The lowest BCUT2D eigenvalue weighted by molar-refractivity contribution is -0.130. The summed E-state index contributed by atoms with van der Waals surface area (Å²) in [5.74, 6) is -0.0536. The number of hydrogen-bond donors (Lipinski definition) is 0. The average Bonchev–Trinajstić information content (AvgIpc) is 2.29. The Labute approximate surface area is 113 Å². The number of nitrogens with zero attached hydrogens (tertiary/aromatic N) is 1. The lowest BCUT2D eigenvalue weighted by Crippen LogP contribution is -2.33. The molecule has 0 heterocycles. The molecule has 0 fully saturated rings. The largest absolute Gasteiger partial charge is 0.342 e. The van der Waals surface area contributed by atoms with E-state index in [1.54, 1.807) is 11.0 Å². The summed E-state index contributed by atoms with van der Waals surface area (Å²) in [4.78, 5) is 13.8. The van der Waals surface area contributed by atoms with Crippen LogP contribution in [0.2, 0.25) is 5.02 Å². The minimum atomic E-state index is -0.632. The van der Waals surface area contributed by atoms with Gasteiger partial charge in [-0.15, -0.1) is 11.6 Å². The Bertz CT molecular complexity index is 402. The van der Waals surface area contributed by atoms with Gasteiger partial charge in [-0.25, -0.2) is 0 Å². The molecule has 0 aliphatic rings. The second kappa shape index (κ2) is 6.27. The average molecular weight is 274 g/mol. The highest BCUT2D eigenvalue weighted by Crippen LogP contribution is 2.27. The fourth-order valence-electron chi connectivity index (χ4n) is 1.75. The molecule has 0 radical (unpaired) electrons. The summed E-state index contributed by atoms with van der Waals surface area (Å²) in [7, 11) is 0. The summed E-state index contributed by atoms with van der Waals surface area (Å²) < 4.78 is 0. The van der Waals surface area contributed by atoms with Crippen LogP contribution in [-0.4, -0.2) is 23.9 Å². The smallest absolute Gasteiger partial charge is 0.245 e. The van der Waals surface area contributed by atoms with Gasteiger partial charge in [-0.05, 0) is 44.0 Å². The van der Waals surface area contributed by atoms with Crippen LogP contribution in [0.15, 0.2) is 18.2 Å². The summed E-state index contributed by atoms with van der Waals surface area (Å²) >= 11 is 12.1. The quantitative estimate of drug-likeness (QED) is 0.765. The van der Waals surface area contributed by atoms with Crippen LogP contribution >= 0.6 is 23.2 Å². The third-order valence-corrected chi connectivity index (χ3v) is 3.45. The molecule has 1 rings (SSSR count). The van der Waals surface area contributed by atoms with Crippen LogP contribution in [0.1, 0.15) is 30.4 Å². The Kier molecular flexibility index (Phi) is 5.29. The van der Waals surface area contributed by atoms with Gasteiger partial charge in [-0.3, -0.25) is 4.79 Å².